The summed E-state index contributed by atoms with van der Waals surface area (Å²) in [6.07, 6.45) is 1.15. The van der Waals surface area contributed by atoms with Crippen LogP contribution in [0.2, 0.25) is 0 Å². The number of carbonyl (C=O) groups is 2. The first-order valence-electron chi connectivity index (χ1n) is 11.1. The third kappa shape index (κ3) is 8.55. The molecular formula is C25H29ClN5O3Pr-. The van der Waals surface area contributed by atoms with Gasteiger partial charge < -0.3 is 25.8 Å². The van der Waals surface area contributed by atoms with Gasteiger partial charge in [0.05, 0.1) is 17.0 Å². The van der Waals surface area contributed by atoms with E-state index in [1.165, 1.54) is 0 Å². The molecule has 1 unspecified atom stereocenters. The summed E-state index contributed by atoms with van der Waals surface area (Å²) < 4.78 is 5.48. The van der Waals surface area contributed by atoms with Crippen LogP contribution in [0.15, 0.2) is 53.5 Å². The van der Waals surface area contributed by atoms with Gasteiger partial charge in [0.15, 0.2) is 0 Å². The van der Waals surface area contributed by atoms with Gasteiger partial charge in [-0.25, -0.2) is 4.79 Å². The van der Waals surface area contributed by atoms with Crippen molar-refractivity contribution < 1.29 is 55.6 Å². The van der Waals surface area contributed by atoms with Crippen LogP contribution in [-0.4, -0.2) is 40.7 Å². The summed E-state index contributed by atoms with van der Waals surface area (Å²) in [5.74, 6) is 0.0569. The maximum absolute atomic E-state index is 13.3. The van der Waals surface area contributed by atoms with Gasteiger partial charge in [0.25, 0.3) is 5.91 Å². The quantitative estimate of drug-likeness (QED) is 0.122. The first kappa shape index (κ1) is 29.2. The number of aliphatic imine (C=N–C) groups is 1. The molecule has 3 rings (SSSR count). The molecule has 0 saturated carbocycles. The number of nitrogens with one attached hydrogen (secondary N) is 1. The fourth-order valence-electron chi connectivity index (χ4n) is 3.34. The van der Waals surface area contributed by atoms with Crippen LogP contribution in [-0.2, 0) is 4.74 Å². The van der Waals surface area contributed by atoms with Crippen LogP contribution in [0, 0.1) is 41.3 Å². The molecule has 2 aromatic carbocycles. The molecule has 0 fully saturated rings. The second-order valence-corrected chi connectivity index (χ2v) is 9.06. The number of nitrogens with zero attached hydrogens (tertiary/aromatic N) is 3. The van der Waals surface area contributed by atoms with E-state index in [2.05, 4.69) is 20.3 Å². The fourth-order valence-corrected chi connectivity index (χ4v) is 3.42. The molecule has 0 spiro atoms. The van der Waals surface area contributed by atoms with Gasteiger partial charge in [-0.1, -0.05) is 42.2 Å². The van der Waals surface area contributed by atoms with Gasteiger partial charge in [0, 0.05) is 53.9 Å². The normalized spacial score (nSPS) is 12.6. The Hall–Kier alpha value is -2.03. The maximum atomic E-state index is 13.3. The van der Waals surface area contributed by atoms with Gasteiger partial charge >= 0.3 is 5.97 Å². The van der Waals surface area contributed by atoms with Crippen LogP contribution in [0.3, 0.4) is 0 Å². The van der Waals surface area contributed by atoms with E-state index in [-0.39, 0.29) is 58.3 Å². The van der Waals surface area contributed by atoms with E-state index < -0.39 is 23.5 Å². The number of halogens is 1. The molecule has 1 atom stereocenters. The van der Waals surface area contributed by atoms with E-state index in [0.717, 1.165) is 11.0 Å². The van der Waals surface area contributed by atoms with Crippen LogP contribution in [0.5, 0.6) is 0 Å². The Kier molecular flexibility index (Phi) is 11.1. The molecule has 3 aromatic rings. The first-order chi connectivity index (χ1) is 16.2. The summed E-state index contributed by atoms with van der Waals surface area (Å²) in [5.41, 5.74) is 6.91. The number of esters is 1. The van der Waals surface area contributed by atoms with Crippen LogP contribution in [0.1, 0.15) is 66.2 Å². The number of fused-ring (bicyclic) bond motifs is 1. The number of carbonyl (C=O) groups excluding carboxylic acids is 2. The Morgan fingerprint density at radius 3 is 2.46 bits per heavy atom. The average molecular weight is 624 g/mol. The van der Waals surface area contributed by atoms with Crippen LogP contribution < -0.4 is 16.0 Å². The SMILES string of the molecule is CC(C)(C)OC(=O)c1ccccc1C(=O)NC(CCCN=C(N)CCl)c1nc2ccccc2[n-]1.[Pr]. The number of hydrogen-bond acceptors (Lipinski definition) is 5. The summed E-state index contributed by atoms with van der Waals surface area (Å²) in [4.78, 5) is 39.4. The number of nitrogens with two attached hydrogens (primary N) is 1. The van der Waals surface area contributed by atoms with Gasteiger partial charge in [0.1, 0.15) is 11.4 Å². The van der Waals surface area contributed by atoms with Crippen LogP contribution >= 0.6 is 11.6 Å². The van der Waals surface area contributed by atoms with Crippen molar-refractivity contribution in [3.05, 3.63) is 65.5 Å². The van der Waals surface area contributed by atoms with Crippen LogP contribution in [0.4, 0.5) is 0 Å². The molecule has 0 saturated heterocycles. The van der Waals surface area contributed by atoms with E-state index in [1.807, 2.05) is 24.3 Å². The molecule has 0 aliphatic heterocycles. The number of ether oxygens (including phenoxy) is 1. The minimum absolute atomic E-state index is 0. The van der Waals surface area contributed by atoms with Crippen molar-refractivity contribution >= 4 is 40.3 Å². The predicted molar refractivity (Wildman–Crippen MR) is 133 cm³/mol. The third-order valence-electron chi connectivity index (χ3n) is 4.86. The molecule has 0 aliphatic rings. The summed E-state index contributed by atoms with van der Waals surface area (Å²) in [5, 5.41) is 2.99. The Morgan fingerprint density at radius 1 is 1.14 bits per heavy atom. The summed E-state index contributed by atoms with van der Waals surface area (Å²) in [7, 11) is 0. The Balaban J connectivity index is 0.00000432. The monoisotopic (exact) mass is 623 g/mol. The van der Waals surface area contributed by atoms with Gasteiger partial charge in [-0.3, -0.25) is 9.79 Å². The number of para-hydroxylation sites is 2. The number of amides is 1. The van der Waals surface area contributed by atoms with E-state index >= 15 is 0 Å². The molecule has 3 N–H and O–H groups in total. The molecule has 8 nitrogen and oxygen atoms in total. The van der Waals surface area contributed by atoms with Crippen molar-refractivity contribution in [1.82, 2.24) is 15.3 Å². The number of alkyl halides is 1. The second kappa shape index (κ2) is 13.3. The second-order valence-electron chi connectivity index (χ2n) is 8.79. The third-order valence-corrected chi connectivity index (χ3v) is 5.14. The molecule has 10 heteroatoms. The number of hydrogen-bond donors (Lipinski definition) is 2. The Morgan fingerprint density at radius 2 is 1.80 bits per heavy atom. The minimum atomic E-state index is -0.683. The largest absolute Gasteiger partial charge is 0.456 e. The van der Waals surface area contributed by atoms with Gasteiger partial charge in [-0.05, 0) is 56.8 Å². The van der Waals surface area contributed by atoms with E-state index in [1.54, 1.807) is 45.0 Å². The van der Waals surface area contributed by atoms with Crippen molar-refractivity contribution in [3.63, 3.8) is 0 Å². The molecule has 1 heterocycles. The van der Waals surface area contributed by atoms with Crippen LogP contribution in [0.25, 0.3) is 11.0 Å². The smallest absolute Gasteiger partial charge is 0.339 e. The standard InChI is InChI=1S/C25H30ClN5O3.Pr/c1-25(2,3)34-24(33)17-10-5-4-9-16(17)23(32)31-20(13-8-14-28-21(27)15-26)22-29-18-11-6-7-12-19(18)30-22;/h4-7,9-12,20H,8,13-15H2,1-3H3,(H4,27,28,29,30,31,32);/p-1. The number of benzene rings is 2. The van der Waals surface area contributed by atoms with Crippen molar-refractivity contribution in [2.45, 2.75) is 45.3 Å². The van der Waals surface area contributed by atoms with Gasteiger partial charge in [-0.2, -0.15) is 0 Å². The average Bonchev–Trinajstić information content (AvgIpc) is 3.23. The zero-order chi connectivity index (χ0) is 24.7. The summed E-state index contributed by atoms with van der Waals surface area (Å²) in [6.45, 7) is 5.79. The molecule has 0 aliphatic carbocycles. The minimum Gasteiger partial charge on any atom is -0.456 e. The summed E-state index contributed by atoms with van der Waals surface area (Å²) in [6, 6.07) is 13.6. The zero-order valence-electron chi connectivity index (χ0n) is 20.1. The molecule has 1 amide bonds. The number of aromatic nitrogens is 2. The molecular weight excluding hydrogens is 595 g/mol. The zero-order valence-corrected chi connectivity index (χ0v) is 24.6. The molecule has 1 aromatic heterocycles. The molecule has 35 heavy (non-hydrogen) atoms. The topological polar surface area (TPSA) is 121 Å². The molecule has 0 bridgehead atoms. The van der Waals surface area contributed by atoms with Gasteiger partial charge in [-0.15, -0.1) is 11.6 Å². The van der Waals surface area contributed by atoms with E-state index in [0.29, 0.717) is 31.0 Å². The maximum Gasteiger partial charge on any atom is 0.339 e. The molecule has 183 valence electrons. The van der Waals surface area contributed by atoms with Crippen molar-refractivity contribution in [3.8, 4) is 0 Å². The van der Waals surface area contributed by atoms with E-state index in [4.69, 9.17) is 22.1 Å². The number of amidine groups is 1. The van der Waals surface area contributed by atoms with Crippen molar-refractivity contribution in [2.24, 2.45) is 10.7 Å². The Bertz CT molecular complexity index is 1160. The molecule has 1 radical (unpaired) electrons. The van der Waals surface area contributed by atoms with E-state index in [9.17, 15) is 9.59 Å². The first-order valence-corrected chi connectivity index (χ1v) is 11.6. The predicted octanol–water partition coefficient (Wildman–Crippen LogP) is 3.99. The van der Waals surface area contributed by atoms with Gasteiger partial charge in [0.2, 0.25) is 0 Å². The summed E-state index contributed by atoms with van der Waals surface area (Å²) >= 11 is 5.68. The Labute approximate surface area is 243 Å². The number of rotatable bonds is 9. The number of imidazole rings is 1. The van der Waals surface area contributed by atoms with Crippen molar-refractivity contribution in [1.29, 1.82) is 0 Å². The fraction of sp³-hybridized carbons (Fsp3) is 0.360. The van der Waals surface area contributed by atoms with Crippen molar-refractivity contribution in [2.75, 3.05) is 12.4 Å².